The number of aromatic nitrogens is 2. The maximum atomic E-state index is 4.81. The van der Waals surface area contributed by atoms with Crippen LogP contribution in [0.25, 0.3) is 11.0 Å². The number of benzene rings is 1. The van der Waals surface area contributed by atoms with Gasteiger partial charge in [-0.25, -0.2) is 4.98 Å². The van der Waals surface area contributed by atoms with Gasteiger partial charge in [0, 0.05) is 19.0 Å². The van der Waals surface area contributed by atoms with Gasteiger partial charge < -0.3 is 9.88 Å². The van der Waals surface area contributed by atoms with E-state index in [4.69, 9.17) is 4.98 Å². The Bertz CT molecular complexity index is 524. The summed E-state index contributed by atoms with van der Waals surface area (Å²) in [5, 5.41) is 3.61. The molecule has 0 amide bonds. The monoisotopic (exact) mass is 273 g/mol. The van der Waals surface area contributed by atoms with Crippen LogP contribution in [0.4, 0.5) is 0 Å². The normalized spacial score (nSPS) is 12.9. The summed E-state index contributed by atoms with van der Waals surface area (Å²) in [7, 11) is 0. The predicted molar refractivity (Wildman–Crippen MR) is 86.1 cm³/mol. The highest BCUT2D eigenvalue weighted by atomic mass is 15.1. The zero-order valence-corrected chi connectivity index (χ0v) is 13.0. The average molecular weight is 273 g/mol. The van der Waals surface area contributed by atoms with Crippen LogP contribution in [0.3, 0.4) is 0 Å². The van der Waals surface area contributed by atoms with Crippen molar-refractivity contribution in [3.8, 4) is 0 Å². The van der Waals surface area contributed by atoms with Crippen LogP contribution in [-0.2, 0) is 13.0 Å². The van der Waals surface area contributed by atoms with Gasteiger partial charge in [-0.3, -0.25) is 0 Å². The third kappa shape index (κ3) is 3.40. The quantitative estimate of drug-likeness (QED) is 0.793. The van der Waals surface area contributed by atoms with Gasteiger partial charge in [0.05, 0.1) is 11.0 Å². The second kappa shape index (κ2) is 7.44. The summed E-state index contributed by atoms with van der Waals surface area (Å²) in [5.74, 6) is 1.23. The molecule has 1 heterocycles. The fourth-order valence-corrected chi connectivity index (χ4v) is 2.86. The molecule has 20 heavy (non-hydrogen) atoms. The molecule has 1 aromatic heterocycles. The summed E-state index contributed by atoms with van der Waals surface area (Å²) < 4.78 is 2.42. The first-order valence-electron chi connectivity index (χ1n) is 7.97. The van der Waals surface area contributed by atoms with E-state index in [-0.39, 0.29) is 0 Å². The third-order valence-corrected chi connectivity index (χ3v) is 3.74. The van der Waals surface area contributed by atoms with Crippen LogP contribution in [0.5, 0.6) is 0 Å². The molecule has 0 bridgehead atoms. The lowest BCUT2D eigenvalue weighted by atomic mass is 10.1. The molecular formula is C17H27N3. The zero-order valence-electron chi connectivity index (χ0n) is 13.0. The molecule has 0 aliphatic rings. The van der Waals surface area contributed by atoms with Crippen LogP contribution < -0.4 is 5.32 Å². The first kappa shape index (κ1) is 15.0. The van der Waals surface area contributed by atoms with E-state index in [9.17, 15) is 0 Å². The number of fused-ring (bicyclic) bond motifs is 1. The molecule has 0 aliphatic carbocycles. The summed E-state index contributed by atoms with van der Waals surface area (Å²) in [6.07, 6.45) is 4.63. The largest absolute Gasteiger partial charge is 0.326 e. The Morgan fingerprint density at radius 3 is 2.65 bits per heavy atom. The molecule has 3 nitrogen and oxygen atoms in total. The van der Waals surface area contributed by atoms with Gasteiger partial charge in [-0.2, -0.15) is 0 Å². The van der Waals surface area contributed by atoms with Crippen LogP contribution in [0, 0.1) is 0 Å². The highest BCUT2D eigenvalue weighted by Crippen LogP contribution is 2.18. The number of hydrogen-bond acceptors (Lipinski definition) is 2. The number of hydrogen-bond donors (Lipinski definition) is 1. The van der Waals surface area contributed by atoms with E-state index in [0.29, 0.717) is 6.04 Å². The van der Waals surface area contributed by atoms with Crippen molar-refractivity contribution >= 4 is 11.0 Å². The Morgan fingerprint density at radius 2 is 1.95 bits per heavy atom. The third-order valence-electron chi connectivity index (χ3n) is 3.74. The maximum absolute atomic E-state index is 4.81. The van der Waals surface area contributed by atoms with Crippen molar-refractivity contribution in [1.82, 2.24) is 14.9 Å². The van der Waals surface area contributed by atoms with Gasteiger partial charge in [-0.1, -0.05) is 39.3 Å². The van der Waals surface area contributed by atoms with Crippen molar-refractivity contribution in [2.75, 3.05) is 6.54 Å². The maximum Gasteiger partial charge on any atom is 0.109 e. The topological polar surface area (TPSA) is 29.9 Å². The second-order valence-electron chi connectivity index (χ2n) is 5.42. The molecule has 2 rings (SSSR count). The van der Waals surface area contributed by atoms with E-state index >= 15 is 0 Å². The summed E-state index contributed by atoms with van der Waals surface area (Å²) >= 11 is 0. The zero-order chi connectivity index (χ0) is 14.4. The number of rotatable bonds is 8. The summed E-state index contributed by atoms with van der Waals surface area (Å²) in [4.78, 5) is 4.81. The molecule has 2 aromatic rings. The molecule has 0 aliphatic heterocycles. The van der Waals surface area contributed by atoms with Crippen LogP contribution in [-0.4, -0.2) is 22.1 Å². The average Bonchev–Trinajstić information content (AvgIpc) is 2.78. The molecule has 0 saturated carbocycles. The lowest BCUT2D eigenvalue weighted by Gasteiger charge is -2.19. The van der Waals surface area contributed by atoms with Crippen LogP contribution in [0.15, 0.2) is 24.3 Å². The van der Waals surface area contributed by atoms with Gasteiger partial charge in [-0.05, 0) is 31.5 Å². The molecule has 0 fully saturated rings. The number of aryl methyl sites for hydroxylation is 1. The van der Waals surface area contributed by atoms with Crippen molar-refractivity contribution in [2.45, 2.75) is 59.0 Å². The van der Waals surface area contributed by atoms with Crippen molar-refractivity contribution in [3.05, 3.63) is 30.1 Å². The van der Waals surface area contributed by atoms with Crippen molar-refractivity contribution < 1.29 is 0 Å². The van der Waals surface area contributed by atoms with E-state index in [0.717, 1.165) is 31.4 Å². The lowest BCUT2D eigenvalue weighted by molar-refractivity contribution is 0.427. The lowest BCUT2D eigenvalue weighted by Crippen LogP contribution is -2.33. The Hall–Kier alpha value is -1.35. The minimum absolute atomic E-state index is 0.540. The van der Waals surface area contributed by atoms with E-state index in [2.05, 4.69) is 54.9 Å². The molecule has 1 aromatic carbocycles. The van der Waals surface area contributed by atoms with Gasteiger partial charge >= 0.3 is 0 Å². The molecule has 1 atom stereocenters. The van der Waals surface area contributed by atoms with Crippen LogP contribution in [0.2, 0.25) is 0 Å². The molecule has 0 saturated heterocycles. The molecule has 0 radical (unpaired) electrons. The highest BCUT2D eigenvalue weighted by molar-refractivity contribution is 5.75. The molecule has 0 spiro atoms. The Balaban J connectivity index is 2.31. The van der Waals surface area contributed by atoms with E-state index in [1.54, 1.807) is 0 Å². The summed E-state index contributed by atoms with van der Waals surface area (Å²) in [6, 6.07) is 9.03. The fraction of sp³-hybridized carbons (Fsp3) is 0.588. The van der Waals surface area contributed by atoms with Crippen molar-refractivity contribution in [3.63, 3.8) is 0 Å². The molecule has 110 valence electrons. The van der Waals surface area contributed by atoms with Gasteiger partial charge in [-0.15, -0.1) is 0 Å². The molecule has 1 unspecified atom stereocenters. The summed E-state index contributed by atoms with van der Waals surface area (Å²) in [6.45, 7) is 8.71. The Labute approximate surface area is 122 Å². The van der Waals surface area contributed by atoms with Crippen LogP contribution in [0.1, 0.15) is 45.9 Å². The van der Waals surface area contributed by atoms with Gasteiger partial charge in [0.25, 0.3) is 0 Å². The fourth-order valence-electron chi connectivity index (χ4n) is 2.86. The number of nitrogens with zero attached hydrogens (tertiary/aromatic N) is 2. The van der Waals surface area contributed by atoms with Gasteiger partial charge in [0.2, 0.25) is 0 Å². The second-order valence-corrected chi connectivity index (χ2v) is 5.42. The summed E-state index contributed by atoms with van der Waals surface area (Å²) in [5.41, 5.74) is 2.40. The smallest absolute Gasteiger partial charge is 0.109 e. The van der Waals surface area contributed by atoms with Gasteiger partial charge in [0.15, 0.2) is 0 Å². The number of nitrogens with one attached hydrogen (secondary N) is 1. The highest BCUT2D eigenvalue weighted by Gasteiger charge is 2.14. The van der Waals surface area contributed by atoms with E-state index < -0.39 is 0 Å². The van der Waals surface area contributed by atoms with Crippen molar-refractivity contribution in [2.24, 2.45) is 0 Å². The number of likely N-dealkylation sites (N-methyl/N-ethyl adjacent to an activating group) is 1. The predicted octanol–water partition coefficient (Wildman–Crippen LogP) is 3.77. The van der Waals surface area contributed by atoms with Crippen LogP contribution >= 0.6 is 0 Å². The standard InChI is InChI=1S/C17H27N3/c1-4-9-14(18-6-3)13-20-16-12-8-7-11-15(16)19-17(20)10-5-2/h7-8,11-12,14,18H,4-6,9-10,13H2,1-3H3. The minimum atomic E-state index is 0.540. The van der Waals surface area contributed by atoms with Crippen molar-refractivity contribution in [1.29, 1.82) is 0 Å². The molecule has 1 N–H and O–H groups in total. The van der Waals surface area contributed by atoms with E-state index in [1.807, 2.05) is 0 Å². The first-order valence-corrected chi connectivity index (χ1v) is 7.97. The first-order chi connectivity index (χ1) is 9.80. The number of imidazole rings is 1. The SMILES string of the molecule is CCCc1nc2ccccc2n1CC(CCC)NCC. The van der Waals surface area contributed by atoms with E-state index in [1.165, 1.54) is 24.2 Å². The molecular weight excluding hydrogens is 246 g/mol. The minimum Gasteiger partial charge on any atom is -0.326 e. The Morgan fingerprint density at radius 1 is 1.15 bits per heavy atom. The van der Waals surface area contributed by atoms with Gasteiger partial charge in [0.1, 0.15) is 5.82 Å². The number of para-hydroxylation sites is 2. The Kier molecular flexibility index (Phi) is 5.60. The molecule has 3 heteroatoms.